The number of hydrogen-bond donors (Lipinski definition) is 3. The number of nitro groups is 1. The van der Waals surface area contributed by atoms with Crippen molar-refractivity contribution in [3.05, 3.63) is 28.3 Å². The van der Waals surface area contributed by atoms with E-state index in [0.29, 0.717) is 5.75 Å². The molecule has 0 bridgehead atoms. The zero-order valence-corrected chi connectivity index (χ0v) is 16.6. The number of methoxy groups -OCH3 is 1. The largest absolute Gasteiger partial charge is 0.496 e. The number of anilines is 1. The quantitative estimate of drug-likeness (QED) is 0.201. The number of nitrogens with zero attached hydrogens (tertiary/aromatic N) is 1. The van der Waals surface area contributed by atoms with Gasteiger partial charge in [0.15, 0.2) is 11.3 Å². The minimum absolute atomic E-state index is 0.0764. The maximum absolute atomic E-state index is 11.5. The summed E-state index contributed by atoms with van der Waals surface area (Å²) in [6, 6.07) is 4.11. The molecule has 0 aromatic heterocycles. The molecule has 0 fully saturated rings. The Hall–Kier alpha value is -1.75. The number of carbonyl (C=O) groups excluding carboxylic acids is 1. The highest BCUT2D eigenvalue weighted by Gasteiger charge is 2.35. The van der Waals surface area contributed by atoms with Crippen molar-refractivity contribution in [2.75, 3.05) is 19.0 Å². The van der Waals surface area contributed by atoms with Crippen LogP contribution in [-0.4, -0.2) is 39.8 Å². The average Bonchev–Trinajstić information content (AvgIpc) is 2.53. The summed E-state index contributed by atoms with van der Waals surface area (Å²) in [6.07, 6.45) is -2.10. The zero-order valence-electron chi connectivity index (χ0n) is 13.5. The summed E-state index contributed by atoms with van der Waals surface area (Å²) in [5, 5.41) is 18.5. The fourth-order valence-corrected chi connectivity index (χ4v) is 2.23. The van der Waals surface area contributed by atoms with E-state index in [-0.39, 0.29) is 23.1 Å². The van der Waals surface area contributed by atoms with Crippen LogP contribution < -0.4 is 20.7 Å². The summed E-state index contributed by atoms with van der Waals surface area (Å²) >= 11 is 22.5. The molecule has 26 heavy (non-hydrogen) atoms. The third-order valence-electron chi connectivity index (χ3n) is 2.79. The Morgan fingerprint density at radius 3 is 2.54 bits per heavy atom. The van der Waals surface area contributed by atoms with Gasteiger partial charge in [-0.3, -0.25) is 15.4 Å². The fourth-order valence-electron chi connectivity index (χ4n) is 1.68. The molecule has 1 rings (SSSR count). The molecule has 1 aromatic rings. The van der Waals surface area contributed by atoms with E-state index in [0.717, 1.165) is 0 Å². The maximum atomic E-state index is 11.5. The molecule has 9 nitrogen and oxygen atoms in total. The van der Waals surface area contributed by atoms with Gasteiger partial charge in [0.05, 0.1) is 24.7 Å². The SMILES string of the molecule is CCOC(=O)NC(NC(=S)Nc1ccc(OC)cc1[N+](=O)[O-])C(Cl)(Cl)Cl. The van der Waals surface area contributed by atoms with Gasteiger partial charge in [0, 0.05) is 0 Å². The highest BCUT2D eigenvalue weighted by atomic mass is 35.6. The first-order valence-corrected chi connectivity index (χ1v) is 8.52. The molecule has 0 aliphatic carbocycles. The van der Waals surface area contributed by atoms with Crippen LogP contribution in [0.4, 0.5) is 16.2 Å². The lowest BCUT2D eigenvalue weighted by Crippen LogP contribution is -2.56. The summed E-state index contributed by atoms with van der Waals surface area (Å²) < 4.78 is 7.68. The number of thiocarbonyl (C=S) groups is 1. The Balaban J connectivity index is 2.91. The normalized spacial score (nSPS) is 11.9. The van der Waals surface area contributed by atoms with Gasteiger partial charge in [-0.25, -0.2) is 4.79 Å². The molecule has 1 aromatic carbocycles. The van der Waals surface area contributed by atoms with Crippen LogP contribution in [0.3, 0.4) is 0 Å². The number of nitrogens with one attached hydrogen (secondary N) is 3. The number of nitro benzene ring substituents is 1. The lowest BCUT2D eigenvalue weighted by molar-refractivity contribution is -0.384. The Morgan fingerprint density at radius 1 is 1.38 bits per heavy atom. The van der Waals surface area contributed by atoms with Gasteiger partial charge in [-0.1, -0.05) is 34.8 Å². The number of halogens is 3. The molecule has 1 amide bonds. The van der Waals surface area contributed by atoms with Crippen molar-refractivity contribution in [3.63, 3.8) is 0 Å². The van der Waals surface area contributed by atoms with Crippen LogP contribution in [0, 0.1) is 10.1 Å². The molecule has 0 saturated carbocycles. The van der Waals surface area contributed by atoms with Gasteiger partial charge < -0.3 is 20.1 Å². The minimum Gasteiger partial charge on any atom is -0.496 e. The molecule has 0 aliphatic rings. The zero-order chi connectivity index (χ0) is 19.9. The summed E-state index contributed by atoms with van der Waals surface area (Å²) in [6.45, 7) is 1.71. The van der Waals surface area contributed by atoms with Crippen molar-refractivity contribution in [2.45, 2.75) is 16.9 Å². The number of alkyl halides is 3. The van der Waals surface area contributed by atoms with Crippen LogP contribution in [0.25, 0.3) is 0 Å². The lowest BCUT2D eigenvalue weighted by atomic mass is 10.2. The van der Waals surface area contributed by atoms with Crippen LogP contribution in [0.2, 0.25) is 0 Å². The van der Waals surface area contributed by atoms with Crippen molar-refractivity contribution >= 4 is 69.6 Å². The predicted octanol–water partition coefficient (Wildman–Crippen LogP) is 3.33. The molecule has 144 valence electrons. The van der Waals surface area contributed by atoms with E-state index >= 15 is 0 Å². The number of hydrogen-bond acceptors (Lipinski definition) is 6. The summed E-state index contributed by atoms with van der Waals surface area (Å²) in [4.78, 5) is 22.1. The van der Waals surface area contributed by atoms with Crippen LogP contribution in [0.5, 0.6) is 5.75 Å². The molecule has 1 unspecified atom stereocenters. The highest BCUT2D eigenvalue weighted by Crippen LogP contribution is 2.30. The minimum atomic E-state index is -1.98. The number of ether oxygens (including phenoxy) is 2. The number of rotatable bonds is 6. The van der Waals surface area contributed by atoms with E-state index in [1.165, 1.54) is 25.3 Å². The van der Waals surface area contributed by atoms with E-state index in [4.69, 9.17) is 56.5 Å². The van der Waals surface area contributed by atoms with Crippen molar-refractivity contribution < 1.29 is 19.2 Å². The molecule has 1 atom stereocenters. The number of benzene rings is 1. The number of carbonyl (C=O) groups is 1. The molecular weight excluding hydrogens is 431 g/mol. The first kappa shape index (κ1) is 22.3. The topological polar surface area (TPSA) is 115 Å². The smallest absolute Gasteiger partial charge is 0.408 e. The maximum Gasteiger partial charge on any atom is 0.408 e. The van der Waals surface area contributed by atoms with E-state index < -0.39 is 21.0 Å². The van der Waals surface area contributed by atoms with Gasteiger partial charge in [-0.2, -0.15) is 0 Å². The second kappa shape index (κ2) is 9.81. The third-order valence-corrected chi connectivity index (χ3v) is 3.66. The Bertz CT molecular complexity index is 686. The highest BCUT2D eigenvalue weighted by molar-refractivity contribution is 7.80. The van der Waals surface area contributed by atoms with Crippen LogP contribution >= 0.6 is 47.0 Å². The van der Waals surface area contributed by atoms with Crippen LogP contribution in [-0.2, 0) is 4.74 Å². The number of alkyl carbamates (subject to hydrolysis) is 1. The summed E-state index contributed by atoms with van der Waals surface area (Å²) in [7, 11) is 1.38. The third kappa shape index (κ3) is 6.87. The van der Waals surface area contributed by atoms with Gasteiger partial charge in [0.2, 0.25) is 3.79 Å². The van der Waals surface area contributed by atoms with Gasteiger partial charge in [0.1, 0.15) is 11.4 Å². The first-order chi connectivity index (χ1) is 12.1. The summed E-state index contributed by atoms with van der Waals surface area (Å²) in [5.41, 5.74) is -0.204. The molecule has 3 N–H and O–H groups in total. The van der Waals surface area contributed by atoms with E-state index in [2.05, 4.69) is 16.0 Å². The molecule has 13 heteroatoms. The van der Waals surface area contributed by atoms with E-state index in [9.17, 15) is 14.9 Å². The second-order valence-corrected chi connectivity index (χ2v) is 7.36. The fraction of sp³-hybridized carbons (Fsp3) is 0.385. The predicted molar refractivity (Wildman–Crippen MR) is 103 cm³/mol. The van der Waals surface area contributed by atoms with Crippen LogP contribution in [0.15, 0.2) is 18.2 Å². The Labute approximate surface area is 169 Å². The Kier molecular flexibility index (Phi) is 8.41. The van der Waals surface area contributed by atoms with Crippen molar-refractivity contribution in [3.8, 4) is 5.75 Å². The van der Waals surface area contributed by atoms with Gasteiger partial charge >= 0.3 is 6.09 Å². The van der Waals surface area contributed by atoms with Crippen molar-refractivity contribution in [1.82, 2.24) is 10.6 Å². The molecular formula is C13H15Cl3N4O5S. The first-order valence-electron chi connectivity index (χ1n) is 6.98. The summed E-state index contributed by atoms with van der Waals surface area (Å²) in [5.74, 6) is 0.296. The molecule has 0 spiro atoms. The van der Waals surface area contributed by atoms with Crippen molar-refractivity contribution in [1.29, 1.82) is 0 Å². The second-order valence-electron chi connectivity index (χ2n) is 4.58. The van der Waals surface area contributed by atoms with Gasteiger partial charge in [-0.05, 0) is 31.3 Å². The molecule has 0 radical (unpaired) electrons. The average molecular weight is 446 g/mol. The molecule has 0 heterocycles. The Morgan fingerprint density at radius 2 is 2.04 bits per heavy atom. The van der Waals surface area contributed by atoms with Gasteiger partial charge in [-0.15, -0.1) is 0 Å². The monoisotopic (exact) mass is 444 g/mol. The van der Waals surface area contributed by atoms with E-state index in [1.807, 2.05) is 0 Å². The molecule has 0 aliphatic heterocycles. The lowest BCUT2D eigenvalue weighted by Gasteiger charge is -2.27. The molecule has 0 saturated heterocycles. The van der Waals surface area contributed by atoms with Gasteiger partial charge in [0.25, 0.3) is 5.69 Å². The standard InChI is InChI=1S/C13H15Cl3N4O5S/c1-3-25-12(21)19-10(13(14,15)16)18-11(26)17-8-5-4-7(24-2)6-9(8)20(22)23/h4-6,10H,3H2,1-2H3,(H,19,21)(H2,17,18,26). The van der Waals surface area contributed by atoms with Crippen LogP contribution in [0.1, 0.15) is 6.92 Å². The van der Waals surface area contributed by atoms with E-state index in [1.54, 1.807) is 6.92 Å². The van der Waals surface area contributed by atoms with Crippen molar-refractivity contribution in [2.24, 2.45) is 0 Å². The number of amides is 1.